The fraction of sp³-hybridized carbons (Fsp3) is 0.196. The molecule has 8 rings (SSSR count). The van der Waals surface area contributed by atoms with E-state index in [1.807, 2.05) is 92.6 Å². The predicted octanol–water partition coefficient (Wildman–Crippen LogP) is 7.08. The number of aryl methyl sites for hydroxylation is 2. The summed E-state index contributed by atoms with van der Waals surface area (Å²) in [6, 6.07) is 39.9. The van der Waals surface area contributed by atoms with Crippen LogP contribution in [0.4, 0.5) is 0 Å². The van der Waals surface area contributed by atoms with Gasteiger partial charge in [0, 0.05) is 55.0 Å². The molecule has 8 aromatic rings. The van der Waals surface area contributed by atoms with Crippen molar-refractivity contribution >= 4 is 0 Å². The zero-order valence-electron chi connectivity index (χ0n) is 34.0. The fourth-order valence-electron chi connectivity index (χ4n) is 5.80. The molecule has 12 heteroatoms. The number of imidazole rings is 2. The normalized spacial score (nSPS) is 10.4. The zero-order valence-corrected chi connectivity index (χ0v) is 36.4. The van der Waals surface area contributed by atoms with Gasteiger partial charge in [-0.15, -0.1) is 24.3 Å². The van der Waals surface area contributed by atoms with Crippen molar-refractivity contribution < 1.29 is 43.5 Å². The third-order valence-corrected chi connectivity index (χ3v) is 9.35. The van der Waals surface area contributed by atoms with Gasteiger partial charge in [-0.1, -0.05) is 23.8 Å². The third kappa shape index (κ3) is 9.95. The molecule has 0 aliphatic heterocycles. The molecule has 299 valence electrons. The number of hydrogen-bond acceptors (Lipinski definition) is 6. The fourth-order valence-corrected chi connectivity index (χ4v) is 5.80. The van der Waals surface area contributed by atoms with Gasteiger partial charge in [-0.2, -0.15) is 24.3 Å². The topological polar surface area (TPSA) is 98.1 Å². The first-order valence-electron chi connectivity index (χ1n) is 18.3. The van der Waals surface area contributed by atoms with E-state index >= 15 is 0 Å². The van der Waals surface area contributed by atoms with E-state index in [2.05, 4.69) is 108 Å². The summed E-state index contributed by atoms with van der Waals surface area (Å²) in [7, 11) is 4.97. The molecule has 0 amide bonds. The third-order valence-electron chi connectivity index (χ3n) is 9.35. The number of methoxy groups -OCH3 is 3. The van der Waals surface area contributed by atoms with Gasteiger partial charge in [-0.3, -0.25) is 19.2 Å². The Balaban J connectivity index is 0.000000172. The van der Waals surface area contributed by atoms with Gasteiger partial charge < -0.3 is 33.4 Å². The SMILES string of the molecule is COc1c[c-]c(-n2[c-][n+](-c3ccc(C)cc3)c(C)c2C)cc1.COc1c[c-]c(-n2[c-][n+](-c3ccc(OC)cc3)c(C)c2C)cc1.Cc1n[n-]c(-c2ccccn2)n1.[Ir]. The van der Waals surface area contributed by atoms with Crippen LogP contribution < -0.4 is 28.4 Å². The van der Waals surface area contributed by atoms with Crippen molar-refractivity contribution in [3.05, 3.63) is 168 Å². The van der Waals surface area contributed by atoms with Crippen molar-refractivity contribution in [2.24, 2.45) is 0 Å². The molecule has 58 heavy (non-hydrogen) atoms. The van der Waals surface area contributed by atoms with E-state index in [0.717, 1.165) is 68.5 Å². The Morgan fingerprint density at radius 1 is 0.586 bits per heavy atom. The molecule has 4 aromatic carbocycles. The molecule has 0 spiro atoms. The van der Waals surface area contributed by atoms with Crippen LogP contribution >= 0.6 is 0 Å². The Labute approximate surface area is 353 Å². The number of rotatable bonds is 8. The second-order valence-electron chi connectivity index (χ2n) is 13.0. The van der Waals surface area contributed by atoms with Gasteiger partial charge >= 0.3 is 0 Å². The van der Waals surface area contributed by atoms with E-state index in [-0.39, 0.29) is 20.1 Å². The van der Waals surface area contributed by atoms with Crippen molar-refractivity contribution in [1.29, 1.82) is 0 Å². The molecule has 1 radical (unpaired) electrons. The molecule has 0 saturated heterocycles. The summed E-state index contributed by atoms with van der Waals surface area (Å²) in [6.07, 6.45) is 8.49. The van der Waals surface area contributed by atoms with Crippen molar-refractivity contribution in [1.82, 2.24) is 29.3 Å². The Morgan fingerprint density at radius 2 is 1.07 bits per heavy atom. The van der Waals surface area contributed by atoms with Crippen LogP contribution in [0.3, 0.4) is 0 Å². The smallest absolute Gasteiger partial charge is 0.267 e. The van der Waals surface area contributed by atoms with Gasteiger partial charge in [0.25, 0.3) is 12.7 Å². The monoisotopic (exact) mass is 950 g/mol. The molecular weight excluding hydrogens is 905 g/mol. The Hall–Kier alpha value is -6.36. The first kappa shape index (κ1) is 42.8. The number of nitrogens with zero attached hydrogens (tertiary/aromatic N) is 8. The molecule has 4 heterocycles. The number of hydrogen-bond donors (Lipinski definition) is 0. The minimum atomic E-state index is 0. The average molecular weight is 950 g/mol. The minimum absolute atomic E-state index is 0. The standard InChI is InChI=1S/C19H19N2O2.C19H19N2O.C8H7N4.Ir/c1-14-15(2)21(17-7-11-19(23-4)12-8-17)13-20(14)16-5-9-18(22-3)10-6-16;1-14-5-7-17(8-6-14)20-13-21(16(3)15(20)2)18-9-11-19(22-4)12-10-18;1-6-10-8(12-11-6)7-4-2-3-5-9-7;/h5-7,9-12H,1-4H3;5-9,11-12H,1-4H3;2-5H,1H3;/q3*-1;. The van der Waals surface area contributed by atoms with Gasteiger partial charge in [0.2, 0.25) is 0 Å². The minimum Gasteiger partial charge on any atom is -0.554 e. The number of benzene rings is 4. The van der Waals surface area contributed by atoms with E-state index in [0.29, 0.717) is 11.6 Å². The first-order chi connectivity index (χ1) is 27.6. The molecule has 0 N–H and O–H groups in total. The van der Waals surface area contributed by atoms with Crippen LogP contribution in [0.1, 0.15) is 34.2 Å². The summed E-state index contributed by atoms with van der Waals surface area (Å²) in [5.41, 5.74) is 10.6. The van der Waals surface area contributed by atoms with E-state index in [1.165, 1.54) is 5.56 Å². The second-order valence-corrected chi connectivity index (χ2v) is 13.0. The molecule has 0 bridgehead atoms. The van der Waals surface area contributed by atoms with E-state index in [1.54, 1.807) is 34.4 Å². The van der Waals surface area contributed by atoms with E-state index in [4.69, 9.17) is 14.2 Å². The summed E-state index contributed by atoms with van der Waals surface area (Å²) in [5, 5.41) is 7.65. The molecule has 11 nitrogen and oxygen atoms in total. The van der Waals surface area contributed by atoms with Crippen LogP contribution in [0.2, 0.25) is 0 Å². The predicted molar refractivity (Wildman–Crippen MR) is 217 cm³/mol. The molecular formula is C46H45IrN8O3-3. The molecule has 0 unspecified atom stereocenters. The maximum Gasteiger partial charge on any atom is 0.267 e. The number of pyridine rings is 1. The zero-order chi connectivity index (χ0) is 40.5. The molecule has 0 saturated carbocycles. The van der Waals surface area contributed by atoms with Crippen molar-refractivity contribution in [3.8, 4) is 51.5 Å². The Bertz CT molecular complexity index is 2440. The summed E-state index contributed by atoms with van der Waals surface area (Å²) < 4.78 is 23.7. The Morgan fingerprint density at radius 3 is 1.47 bits per heavy atom. The second kappa shape index (κ2) is 19.7. The van der Waals surface area contributed by atoms with Gasteiger partial charge in [-0.05, 0) is 107 Å². The van der Waals surface area contributed by atoms with Crippen LogP contribution in [-0.4, -0.2) is 45.5 Å². The van der Waals surface area contributed by atoms with Crippen LogP contribution in [0, 0.1) is 66.3 Å². The first-order valence-corrected chi connectivity index (χ1v) is 18.3. The molecule has 0 fully saturated rings. The van der Waals surface area contributed by atoms with E-state index in [9.17, 15) is 0 Å². The molecule has 0 aliphatic carbocycles. The van der Waals surface area contributed by atoms with Crippen LogP contribution in [0.15, 0.2) is 109 Å². The van der Waals surface area contributed by atoms with Crippen molar-refractivity contribution in [3.63, 3.8) is 0 Å². The number of aromatic nitrogens is 8. The summed E-state index contributed by atoms with van der Waals surface area (Å²) in [6.45, 7) is 12.2. The number of ether oxygens (including phenoxy) is 3. The van der Waals surface area contributed by atoms with Gasteiger partial charge in [0.05, 0.1) is 49.8 Å². The van der Waals surface area contributed by atoms with Crippen molar-refractivity contribution in [2.45, 2.75) is 41.5 Å². The molecule has 0 aliphatic rings. The summed E-state index contributed by atoms with van der Waals surface area (Å²) in [4.78, 5) is 8.19. The van der Waals surface area contributed by atoms with Crippen LogP contribution in [0.5, 0.6) is 17.2 Å². The maximum absolute atomic E-state index is 5.21. The molecule has 0 atom stereocenters. The van der Waals surface area contributed by atoms with Gasteiger partial charge in [0.15, 0.2) is 0 Å². The van der Waals surface area contributed by atoms with Gasteiger partial charge in [0.1, 0.15) is 5.75 Å². The molecule has 4 aromatic heterocycles. The van der Waals surface area contributed by atoms with Crippen LogP contribution in [-0.2, 0) is 20.1 Å². The maximum atomic E-state index is 5.21. The largest absolute Gasteiger partial charge is 0.554 e. The summed E-state index contributed by atoms with van der Waals surface area (Å²) >= 11 is 0. The average Bonchev–Trinajstić information content (AvgIpc) is 3.92. The quantitative estimate of drug-likeness (QED) is 0.119. The van der Waals surface area contributed by atoms with E-state index < -0.39 is 0 Å². The summed E-state index contributed by atoms with van der Waals surface area (Å²) in [5.74, 6) is 3.70. The van der Waals surface area contributed by atoms with Gasteiger partial charge in [-0.25, -0.2) is 0 Å². The van der Waals surface area contributed by atoms with Crippen molar-refractivity contribution in [2.75, 3.05) is 21.3 Å². The Kier molecular flexibility index (Phi) is 14.5. The van der Waals surface area contributed by atoms with Crippen LogP contribution in [0.25, 0.3) is 34.3 Å².